The lowest BCUT2D eigenvalue weighted by Crippen LogP contribution is -2.35. The molecule has 0 aliphatic carbocycles. The molecule has 0 radical (unpaired) electrons. The summed E-state index contributed by atoms with van der Waals surface area (Å²) >= 11 is 3.30. The predicted octanol–water partition coefficient (Wildman–Crippen LogP) is 2.83. The van der Waals surface area contributed by atoms with E-state index in [1.807, 2.05) is 19.1 Å². The second-order valence-electron chi connectivity index (χ2n) is 4.45. The molecule has 6 nitrogen and oxygen atoms in total. The molecule has 0 atom stereocenters. The van der Waals surface area contributed by atoms with Gasteiger partial charge < -0.3 is 10.4 Å². The van der Waals surface area contributed by atoms with Crippen LogP contribution in [0.2, 0.25) is 0 Å². The summed E-state index contributed by atoms with van der Waals surface area (Å²) in [5.41, 5.74) is 1.37. The highest BCUT2D eigenvalue weighted by molar-refractivity contribution is 9.10. The van der Waals surface area contributed by atoms with Gasteiger partial charge in [-0.2, -0.15) is 0 Å². The van der Waals surface area contributed by atoms with Crippen LogP contribution >= 0.6 is 15.9 Å². The van der Waals surface area contributed by atoms with Gasteiger partial charge in [0.2, 0.25) is 0 Å². The van der Waals surface area contributed by atoms with Crippen molar-refractivity contribution in [3.8, 4) is 0 Å². The Morgan fingerprint density at radius 3 is 2.29 bits per heavy atom. The zero-order valence-corrected chi connectivity index (χ0v) is 13.4. The van der Waals surface area contributed by atoms with Crippen LogP contribution in [0.25, 0.3) is 0 Å². The fourth-order valence-corrected chi connectivity index (χ4v) is 2.00. The van der Waals surface area contributed by atoms with Gasteiger partial charge in [0.15, 0.2) is 0 Å². The molecular formula is C14H15BrN2O4. The summed E-state index contributed by atoms with van der Waals surface area (Å²) in [6.07, 6.45) is 0. The lowest BCUT2D eigenvalue weighted by atomic mass is 10.1. The molecule has 0 fully saturated rings. The van der Waals surface area contributed by atoms with E-state index in [1.54, 1.807) is 6.07 Å². The first-order chi connectivity index (χ1) is 9.72. The van der Waals surface area contributed by atoms with Gasteiger partial charge in [0.1, 0.15) is 0 Å². The molecule has 7 heteroatoms. The molecule has 0 aromatic heterocycles. The molecule has 1 aromatic rings. The van der Waals surface area contributed by atoms with E-state index in [0.29, 0.717) is 10.2 Å². The number of imide groups is 1. The number of carbonyl (C=O) groups excluding carboxylic acids is 2. The van der Waals surface area contributed by atoms with Crippen LogP contribution in [0, 0.1) is 6.92 Å². The topological polar surface area (TPSA) is 95.5 Å². The van der Waals surface area contributed by atoms with Gasteiger partial charge in [-0.15, -0.1) is 0 Å². The maximum absolute atomic E-state index is 11.7. The summed E-state index contributed by atoms with van der Waals surface area (Å²) < 4.78 is 0.680. The van der Waals surface area contributed by atoms with Crippen molar-refractivity contribution in [3.63, 3.8) is 0 Å². The summed E-state index contributed by atoms with van der Waals surface area (Å²) in [7, 11) is 0. The molecule has 0 saturated carbocycles. The van der Waals surface area contributed by atoms with Crippen LogP contribution in [0.5, 0.6) is 0 Å². The van der Waals surface area contributed by atoms with E-state index in [1.165, 1.54) is 13.8 Å². The molecule has 3 N–H and O–H groups in total. The minimum Gasteiger partial charge on any atom is -0.478 e. The number of urea groups is 1. The molecule has 0 bridgehead atoms. The normalized spacial score (nSPS) is 11.4. The molecular weight excluding hydrogens is 340 g/mol. The molecule has 0 saturated heterocycles. The van der Waals surface area contributed by atoms with Crippen molar-refractivity contribution in [2.75, 3.05) is 5.32 Å². The molecule has 3 amide bonds. The fraction of sp³-hybridized carbons (Fsp3) is 0.214. The van der Waals surface area contributed by atoms with Crippen molar-refractivity contribution < 1.29 is 19.5 Å². The minimum atomic E-state index is -1.20. The highest BCUT2D eigenvalue weighted by Crippen LogP contribution is 2.23. The van der Waals surface area contributed by atoms with Crippen molar-refractivity contribution in [2.45, 2.75) is 20.8 Å². The van der Waals surface area contributed by atoms with Crippen molar-refractivity contribution in [2.24, 2.45) is 0 Å². The fourth-order valence-electron chi connectivity index (χ4n) is 1.40. The Labute approximate surface area is 130 Å². The predicted molar refractivity (Wildman–Crippen MR) is 82.1 cm³/mol. The Balaban J connectivity index is 2.76. The van der Waals surface area contributed by atoms with Crippen LogP contribution in [0.15, 0.2) is 33.8 Å². The Morgan fingerprint density at radius 2 is 1.76 bits per heavy atom. The number of hydrogen-bond donors (Lipinski definition) is 3. The van der Waals surface area contributed by atoms with E-state index in [9.17, 15) is 14.4 Å². The molecule has 1 aromatic carbocycles. The lowest BCUT2D eigenvalue weighted by molar-refractivity contribution is -0.133. The molecule has 0 aliphatic heterocycles. The first kappa shape index (κ1) is 16.9. The van der Waals surface area contributed by atoms with Crippen LogP contribution in [-0.2, 0) is 9.59 Å². The Kier molecular flexibility index (Phi) is 5.66. The van der Waals surface area contributed by atoms with Crippen molar-refractivity contribution in [1.82, 2.24) is 5.32 Å². The second kappa shape index (κ2) is 7.03. The molecule has 0 aliphatic rings. The molecule has 0 unspecified atom stereocenters. The highest BCUT2D eigenvalue weighted by Gasteiger charge is 2.15. The number of carboxylic acids is 1. The van der Waals surface area contributed by atoms with Gasteiger partial charge in [-0.3, -0.25) is 10.1 Å². The van der Waals surface area contributed by atoms with E-state index in [4.69, 9.17) is 5.11 Å². The van der Waals surface area contributed by atoms with E-state index >= 15 is 0 Å². The average Bonchev–Trinajstić information content (AvgIpc) is 2.40. The Bertz CT molecular complexity index is 638. The van der Waals surface area contributed by atoms with Crippen LogP contribution in [-0.4, -0.2) is 23.0 Å². The number of rotatable bonds is 3. The highest BCUT2D eigenvalue weighted by atomic mass is 79.9. The first-order valence-corrected chi connectivity index (χ1v) is 6.81. The zero-order chi connectivity index (χ0) is 16.2. The maximum Gasteiger partial charge on any atom is 0.331 e. The van der Waals surface area contributed by atoms with E-state index in [-0.39, 0.29) is 11.1 Å². The number of carbonyl (C=O) groups is 3. The van der Waals surface area contributed by atoms with E-state index in [0.717, 1.165) is 5.56 Å². The average molecular weight is 355 g/mol. The number of hydrogen-bond acceptors (Lipinski definition) is 3. The number of nitrogens with one attached hydrogen (secondary N) is 2. The van der Waals surface area contributed by atoms with Crippen molar-refractivity contribution in [3.05, 3.63) is 39.4 Å². The molecule has 21 heavy (non-hydrogen) atoms. The summed E-state index contributed by atoms with van der Waals surface area (Å²) in [4.78, 5) is 34.2. The van der Waals surface area contributed by atoms with Gasteiger partial charge in [-0.25, -0.2) is 9.59 Å². The number of aryl methyl sites for hydroxylation is 1. The monoisotopic (exact) mass is 354 g/mol. The smallest absolute Gasteiger partial charge is 0.331 e. The van der Waals surface area contributed by atoms with Gasteiger partial charge in [0, 0.05) is 15.6 Å². The number of amides is 3. The number of anilines is 1. The third-order valence-electron chi connectivity index (χ3n) is 2.82. The SMILES string of the molecule is CC(C(=O)O)=C(C)C(=O)NC(=O)Nc1ccc(C)cc1Br. The summed E-state index contributed by atoms with van der Waals surface area (Å²) in [5.74, 6) is -1.96. The molecule has 0 spiro atoms. The molecule has 1 rings (SSSR count). The lowest BCUT2D eigenvalue weighted by Gasteiger charge is -2.09. The quantitative estimate of drug-likeness (QED) is 0.727. The van der Waals surface area contributed by atoms with Gasteiger partial charge in [0.05, 0.1) is 5.69 Å². The standard InChI is InChI=1S/C14H15BrN2O4/c1-7-4-5-11(10(15)6-7)16-14(21)17-12(18)8(2)9(3)13(19)20/h4-6H,1-3H3,(H,19,20)(H2,16,17,18,21). The zero-order valence-electron chi connectivity index (χ0n) is 11.8. The summed E-state index contributed by atoms with van der Waals surface area (Å²) in [5, 5.41) is 13.4. The largest absolute Gasteiger partial charge is 0.478 e. The van der Waals surface area contributed by atoms with Gasteiger partial charge >= 0.3 is 12.0 Å². The minimum absolute atomic E-state index is 0.0272. The molecule has 0 heterocycles. The number of aliphatic carboxylic acids is 1. The van der Waals surface area contributed by atoms with Gasteiger partial charge in [-0.05, 0) is 54.4 Å². The number of benzene rings is 1. The van der Waals surface area contributed by atoms with Crippen LogP contribution in [0.3, 0.4) is 0 Å². The third-order valence-corrected chi connectivity index (χ3v) is 3.48. The number of carboxylic acid groups (broad SMARTS) is 1. The van der Waals surface area contributed by atoms with Crippen LogP contribution in [0.4, 0.5) is 10.5 Å². The van der Waals surface area contributed by atoms with Gasteiger partial charge in [0.25, 0.3) is 5.91 Å². The molecule has 112 valence electrons. The maximum atomic E-state index is 11.7. The Hall–Kier alpha value is -2.15. The third kappa shape index (κ3) is 4.71. The summed E-state index contributed by atoms with van der Waals surface area (Å²) in [6.45, 7) is 4.54. The summed E-state index contributed by atoms with van der Waals surface area (Å²) in [6, 6.07) is 4.58. The first-order valence-electron chi connectivity index (χ1n) is 6.01. The van der Waals surface area contributed by atoms with Crippen molar-refractivity contribution in [1.29, 1.82) is 0 Å². The van der Waals surface area contributed by atoms with Crippen molar-refractivity contribution >= 4 is 39.5 Å². The van der Waals surface area contributed by atoms with Crippen LogP contribution in [0.1, 0.15) is 19.4 Å². The van der Waals surface area contributed by atoms with Gasteiger partial charge in [-0.1, -0.05) is 6.07 Å². The van der Waals surface area contributed by atoms with E-state index < -0.39 is 17.9 Å². The van der Waals surface area contributed by atoms with E-state index in [2.05, 4.69) is 26.6 Å². The Morgan fingerprint density at radius 1 is 1.14 bits per heavy atom. The number of halogens is 1. The van der Waals surface area contributed by atoms with Crippen LogP contribution < -0.4 is 10.6 Å². The second-order valence-corrected chi connectivity index (χ2v) is 5.30.